The Morgan fingerprint density at radius 3 is 2.56 bits per heavy atom. The van der Waals surface area contributed by atoms with Crippen LogP contribution in [0.5, 0.6) is 11.5 Å². The van der Waals surface area contributed by atoms with Gasteiger partial charge < -0.3 is 24.5 Å². The third-order valence-electron chi connectivity index (χ3n) is 4.56. The van der Waals surface area contributed by atoms with Gasteiger partial charge in [-0.05, 0) is 30.5 Å². The van der Waals surface area contributed by atoms with Gasteiger partial charge in [-0.25, -0.2) is 15.8 Å². The third kappa shape index (κ3) is 4.99. The highest BCUT2D eigenvalue weighted by Crippen LogP contribution is 2.28. The number of nitrogen functional groups attached to an aromatic ring is 1. The summed E-state index contributed by atoms with van der Waals surface area (Å²) in [4.78, 5) is 11.4. The molecule has 27 heavy (non-hydrogen) atoms. The second kappa shape index (κ2) is 9.38. The Kier molecular flexibility index (Phi) is 6.67. The maximum atomic E-state index is 5.59. The van der Waals surface area contributed by atoms with Crippen LogP contribution in [0, 0.1) is 0 Å². The highest BCUT2D eigenvalue weighted by molar-refractivity contribution is 5.49. The number of methoxy groups -OCH3 is 2. The predicted octanol–water partition coefficient (Wildman–Crippen LogP) is 1.79. The van der Waals surface area contributed by atoms with E-state index in [4.69, 9.17) is 25.0 Å². The van der Waals surface area contributed by atoms with Gasteiger partial charge in [0, 0.05) is 25.6 Å². The summed E-state index contributed by atoms with van der Waals surface area (Å²) in [7, 11) is 3.29. The normalized spacial score (nSPS) is 14.1. The molecule has 0 saturated carbocycles. The number of nitrogens with zero attached hydrogens (tertiary/aromatic N) is 3. The molecule has 3 N–H and O–H groups in total. The molecule has 0 unspecified atom stereocenters. The van der Waals surface area contributed by atoms with Crippen molar-refractivity contribution in [3.8, 4) is 11.5 Å². The molecule has 3 rings (SSSR count). The Balaban J connectivity index is 1.65. The number of aromatic nitrogens is 2. The van der Waals surface area contributed by atoms with E-state index in [9.17, 15) is 0 Å². The number of hydrogen-bond donors (Lipinski definition) is 2. The summed E-state index contributed by atoms with van der Waals surface area (Å²) in [5, 5.41) is 0. The molecule has 1 aromatic heterocycles. The van der Waals surface area contributed by atoms with Gasteiger partial charge in [-0.15, -0.1) is 0 Å². The Morgan fingerprint density at radius 1 is 1.07 bits per heavy atom. The van der Waals surface area contributed by atoms with E-state index in [1.807, 2.05) is 18.2 Å². The lowest BCUT2D eigenvalue weighted by molar-refractivity contribution is 0.122. The molecule has 1 aliphatic rings. The van der Waals surface area contributed by atoms with Crippen molar-refractivity contribution in [2.24, 2.45) is 5.84 Å². The largest absolute Gasteiger partial charge is 0.493 e. The monoisotopic (exact) mass is 373 g/mol. The minimum atomic E-state index is 0.632. The molecule has 146 valence electrons. The second-order valence-corrected chi connectivity index (χ2v) is 6.31. The number of benzene rings is 1. The molecule has 0 bridgehead atoms. The summed E-state index contributed by atoms with van der Waals surface area (Å²) in [5.41, 5.74) is 3.83. The van der Waals surface area contributed by atoms with Crippen LogP contribution in [0.15, 0.2) is 24.3 Å². The summed E-state index contributed by atoms with van der Waals surface area (Å²) in [5.74, 6) is 9.38. The van der Waals surface area contributed by atoms with Crippen LogP contribution in [0.25, 0.3) is 0 Å². The summed E-state index contributed by atoms with van der Waals surface area (Å²) in [6.45, 7) is 3.08. The van der Waals surface area contributed by atoms with Crippen LogP contribution in [0.1, 0.15) is 17.8 Å². The highest BCUT2D eigenvalue weighted by Gasteiger charge is 2.15. The molecule has 0 atom stereocenters. The molecule has 0 spiro atoms. The van der Waals surface area contributed by atoms with Gasteiger partial charge >= 0.3 is 0 Å². The van der Waals surface area contributed by atoms with Crippen molar-refractivity contribution in [2.45, 2.75) is 19.3 Å². The molecule has 1 aromatic carbocycles. The zero-order valence-corrected chi connectivity index (χ0v) is 15.9. The number of nitrogens with one attached hydrogen (secondary N) is 1. The SMILES string of the molecule is COc1ccc(CCCc2nc(NN)cc(N3CCOCC3)n2)cc1OC. The van der Waals surface area contributed by atoms with Crippen molar-refractivity contribution in [1.29, 1.82) is 0 Å². The molecule has 0 amide bonds. The quantitative estimate of drug-likeness (QED) is 0.534. The molecular weight excluding hydrogens is 346 g/mol. The molecule has 8 nitrogen and oxygen atoms in total. The smallest absolute Gasteiger partial charge is 0.160 e. The lowest BCUT2D eigenvalue weighted by Gasteiger charge is -2.28. The summed E-state index contributed by atoms with van der Waals surface area (Å²) in [6, 6.07) is 7.87. The lowest BCUT2D eigenvalue weighted by atomic mass is 10.1. The van der Waals surface area contributed by atoms with Gasteiger partial charge in [-0.3, -0.25) is 0 Å². The number of hydrazine groups is 1. The van der Waals surface area contributed by atoms with Gasteiger partial charge in [0.15, 0.2) is 11.5 Å². The molecule has 2 heterocycles. The summed E-state index contributed by atoms with van der Waals surface area (Å²) >= 11 is 0. The topological polar surface area (TPSA) is 94.8 Å². The minimum Gasteiger partial charge on any atom is -0.493 e. The van der Waals surface area contributed by atoms with Crippen molar-refractivity contribution in [3.63, 3.8) is 0 Å². The Bertz CT molecular complexity index is 750. The van der Waals surface area contributed by atoms with E-state index in [1.165, 1.54) is 5.56 Å². The van der Waals surface area contributed by atoms with Crippen LogP contribution < -0.4 is 25.6 Å². The number of nitrogens with two attached hydrogens (primary N) is 1. The van der Waals surface area contributed by atoms with E-state index in [1.54, 1.807) is 14.2 Å². The summed E-state index contributed by atoms with van der Waals surface area (Å²) in [6.07, 6.45) is 2.59. The van der Waals surface area contributed by atoms with Gasteiger partial charge in [-0.2, -0.15) is 0 Å². The number of anilines is 2. The number of hydrogen-bond acceptors (Lipinski definition) is 8. The van der Waals surface area contributed by atoms with Crippen LogP contribution in [-0.4, -0.2) is 50.5 Å². The lowest BCUT2D eigenvalue weighted by Crippen LogP contribution is -2.37. The fraction of sp³-hybridized carbons (Fsp3) is 0.474. The molecule has 0 aliphatic carbocycles. The van der Waals surface area contributed by atoms with E-state index < -0.39 is 0 Å². The van der Waals surface area contributed by atoms with Gasteiger partial charge in [0.2, 0.25) is 0 Å². The number of ether oxygens (including phenoxy) is 3. The van der Waals surface area contributed by atoms with E-state index >= 15 is 0 Å². The van der Waals surface area contributed by atoms with Crippen molar-refractivity contribution in [1.82, 2.24) is 9.97 Å². The van der Waals surface area contributed by atoms with Gasteiger partial charge in [-0.1, -0.05) is 6.07 Å². The zero-order chi connectivity index (χ0) is 19.1. The molecule has 8 heteroatoms. The van der Waals surface area contributed by atoms with Crippen LogP contribution in [0.4, 0.5) is 11.6 Å². The fourth-order valence-electron chi connectivity index (χ4n) is 3.11. The number of rotatable bonds is 8. The average Bonchev–Trinajstić information content (AvgIpc) is 2.74. The molecule has 2 aromatic rings. The molecule has 1 saturated heterocycles. The first kappa shape index (κ1) is 19.2. The standard InChI is InChI=1S/C19H27N5O3/c1-25-15-7-6-14(12-16(15)26-2)4-3-5-17-21-18(23-20)13-19(22-17)24-8-10-27-11-9-24/h6-7,12-13H,3-5,8-11,20H2,1-2H3,(H,21,22,23). The molecule has 0 radical (unpaired) electrons. The van der Waals surface area contributed by atoms with Crippen LogP contribution in [0.3, 0.4) is 0 Å². The second-order valence-electron chi connectivity index (χ2n) is 6.31. The minimum absolute atomic E-state index is 0.632. The third-order valence-corrected chi connectivity index (χ3v) is 4.56. The predicted molar refractivity (Wildman–Crippen MR) is 104 cm³/mol. The van der Waals surface area contributed by atoms with Crippen LogP contribution in [0.2, 0.25) is 0 Å². The van der Waals surface area contributed by atoms with Crippen LogP contribution >= 0.6 is 0 Å². The van der Waals surface area contributed by atoms with Crippen molar-refractivity contribution in [2.75, 3.05) is 50.8 Å². The van der Waals surface area contributed by atoms with E-state index in [-0.39, 0.29) is 0 Å². The summed E-state index contributed by atoms with van der Waals surface area (Å²) < 4.78 is 16.1. The van der Waals surface area contributed by atoms with Crippen LogP contribution in [-0.2, 0) is 17.6 Å². The van der Waals surface area contributed by atoms with Gasteiger partial charge in [0.05, 0.1) is 27.4 Å². The highest BCUT2D eigenvalue weighted by atomic mass is 16.5. The Labute approximate surface area is 159 Å². The zero-order valence-electron chi connectivity index (χ0n) is 15.9. The average molecular weight is 373 g/mol. The molecule has 1 aliphatic heterocycles. The number of morpholine rings is 1. The van der Waals surface area contributed by atoms with Crippen molar-refractivity contribution >= 4 is 11.6 Å². The fourth-order valence-corrected chi connectivity index (χ4v) is 3.11. The first-order valence-corrected chi connectivity index (χ1v) is 9.11. The molecular formula is C19H27N5O3. The number of aryl methyl sites for hydroxylation is 2. The van der Waals surface area contributed by atoms with Crippen molar-refractivity contribution < 1.29 is 14.2 Å². The van der Waals surface area contributed by atoms with Crippen molar-refractivity contribution in [3.05, 3.63) is 35.7 Å². The Morgan fingerprint density at radius 2 is 1.85 bits per heavy atom. The first-order chi connectivity index (χ1) is 13.2. The van der Waals surface area contributed by atoms with Gasteiger partial charge in [0.1, 0.15) is 17.5 Å². The van der Waals surface area contributed by atoms with E-state index in [0.29, 0.717) is 19.0 Å². The maximum absolute atomic E-state index is 5.59. The van der Waals surface area contributed by atoms with Gasteiger partial charge in [0.25, 0.3) is 0 Å². The Hall–Kier alpha value is -2.58. The molecule has 1 fully saturated rings. The van der Waals surface area contributed by atoms with E-state index in [2.05, 4.69) is 21.4 Å². The maximum Gasteiger partial charge on any atom is 0.160 e. The first-order valence-electron chi connectivity index (χ1n) is 9.11. The van der Waals surface area contributed by atoms with E-state index in [0.717, 1.165) is 55.5 Å².